The lowest BCUT2D eigenvalue weighted by molar-refractivity contribution is -0.145. The van der Waals surface area contributed by atoms with Gasteiger partial charge in [0.2, 0.25) is 5.91 Å². The number of nitrogens with one attached hydrogen (secondary N) is 1. The van der Waals surface area contributed by atoms with Crippen LogP contribution in [0.1, 0.15) is 26.2 Å². The average Bonchev–Trinajstić information content (AvgIpc) is 2.86. The lowest BCUT2D eigenvalue weighted by atomic mass is 9.95. The van der Waals surface area contributed by atoms with Crippen LogP contribution in [0.4, 0.5) is 5.69 Å². The van der Waals surface area contributed by atoms with E-state index in [-0.39, 0.29) is 5.91 Å². The number of rotatable bonds is 4. The molecular formula is C15H18BrNO3. The molecule has 1 saturated carbocycles. The molecule has 0 aromatic heterocycles. The fourth-order valence-corrected chi connectivity index (χ4v) is 3.07. The molecule has 1 aromatic carbocycles. The van der Waals surface area contributed by atoms with Crippen LogP contribution in [0.5, 0.6) is 0 Å². The summed E-state index contributed by atoms with van der Waals surface area (Å²) < 4.78 is 0.936. The molecule has 0 saturated heterocycles. The molecule has 4 nitrogen and oxygen atoms in total. The zero-order valence-electron chi connectivity index (χ0n) is 11.3. The normalized spacial score (nSPS) is 25.4. The van der Waals surface area contributed by atoms with Crippen LogP contribution in [0.15, 0.2) is 28.7 Å². The van der Waals surface area contributed by atoms with Crippen molar-refractivity contribution < 1.29 is 14.7 Å². The number of carbonyl (C=O) groups excluding carboxylic acids is 1. The predicted molar refractivity (Wildman–Crippen MR) is 80.4 cm³/mol. The van der Waals surface area contributed by atoms with Gasteiger partial charge in [-0.3, -0.25) is 9.59 Å². The third kappa shape index (κ3) is 3.39. The number of carboxylic acid groups (broad SMARTS) is 1. The maximum Gasteiger partial charge on any atom is 0.307 e. The lowest BCUT2D eigenvalue weighted by Crippen LogP contribution is -2.29. The smallest absolute Gasteiger partial charge is 0.307 e. The molecule has 1 unspecified atom stereocenters. The SMILES string of the molecule is CCC1C[C@H](C(=O)Nc2ccc(Br)cc2)[C@H](C(=O)O)C1. The molecule has 0 heterocycles. The molecule has 20 heavy (non-hydrogen) atoms. The van der Waals surface area contributed by atoms with Crippen molar-refractivity contribution in [2.75, 3.05) is 5.32 Å². The van der Waals surface area contributed by atoms with E-state index < -0.39 is 17.8 Å². The molecule has 1 amide bonds. The third-order valence-corrected chi connectivity index (χ3v) is 4.53. The van der Waals surface area contributed by atoms with Gasteiger partial charge >= 0.3 is 5.97 Å². The maximum absolute atomic E-state index is 12.3. The van der Waals surface area contributed by atoms with Crippen LogP contribution < -0.4 is 5.32 Å². The molecule has 0 aliphatic heterocycles. The molecule has 2 rings (SSSR count). The number of hydrogen-bond donors (Lipinski definition) is 2. The summed E-state index contributed by atoms with van der Waals surface area (Å²) in [5.74, 6) is -1.71. The lowest BCUT2D eigenvalue weighted by Gasteiger charge is -2.15. The van der Waals surface area contributed by atoms with Gasteiger partial charge in [0.25, 0.3) is 0 Å². The first-order valence-electron chi connectivity index (χ1n) is 6.80. The van der Waals surface area contributed by atoms with Gasteiger partial charge in [-0.05, 0) is 43.0 Å². The predicted octanol–water partition coefficient (Wildman–Crippen LogP) is 3.52. The monoisotopic (exact) mass is 339 g/mol. The van der Waals surface area contributed by atoms with Gasteiger partial charge in [0.1, 0.15) is 0 Å². The second-order valence-corrected chi connectivity index (χ2v) is 6.21. The van der Waals surface area contributed by atoms with Crippen molar-refractivity contribution >= 4 is 33.5 Å². The Labute approximate surface area is 126 Å². The minimum atomic E-state index is -0.864. The molecule has 0 spiro atoms. The van der Waals surface area contributed by atoms with E-state index in [2.05, 4.69) is 21.2 Å². The van der Waals surface area contributed by atoms with Crippen molar-refractivity contribution in [1.29, 1.82) is 0 Å². The van der Waals surface area contributed by atoms with Crippen LogP contribution in [0.25, 0.3) is 0 Å². The molecule has 3 atom stereocenters. The van der Waals surface area contributed by atoms with E-state index in [1.54, 1.807) is 12.1 Å². The van der Waals surface area contributed by atoms with Crippen LogP contribution in [0.2, 0.25) is 0 Å². The summed E-state index contributed by atoms with van der Waals surface area (Å²) in [5.41, 5.74) is 0.697. The van der Waals surface area contributed by atoms with Crippen LogP contribution in [0.3, 0.4) is 0 Å². The Morgan fingerprint density at radius 2 is 1.85 bits per heavy atom. The Hall–Kier alpha value is -1.36. The van der Waals surface area contributed by atoms with E-state index in [9.17, 15) is 14.7 Å². The summed E-state index contributed by atoms with van der Waals surface area (Å²) in [4.78, 5) is 23.6. The largest absolute Gasteiger partial charge is 0.481 e. The van der Waals surface area contributed by atoms with Crippen molar-refractivity contribution in [3.8, 4) is 0 Å². The highest BCUT2D eigenvalue weighted by atomic mass is 79.9. The van der Waals surface area contributed by atoms with Gasteiger partial charge in [-0.1, -0.05) is 29.3 Å². The zero-order chi connectivity index (χ0) is 14.7. The van der Waals surface area contributed by atoms with E-state index in [4.69, 9.17) is 0 Å². The number of hydrogen-bond acceptors (Lipinski definition) is 2. The molecule has 0 radical (unpaired) electrons. The maximum atomic E-state index is 12.3. The van der Waals surface area contributed by atoms with Gasteiger partial charge in [0.15, 0.2) is 0 Å². The fraction of sp³-hybridized carbons (Fsp3) is 0.467. The van der Waals surface area contributed by atoms with Crippen molar-refractivity contribution in [3.05, 3.63) is 28.7 Å². The molecule has 5 heteroatoms. The van der Waals surface area contributed by atoms with E-state index in [1.165, 1.54) is 0 Å². The highest BCUT2D eigenvalue weighted by Crippen LogP contribution is 2.39. The summed E-state index contributed by atoms with van der Waals surface area (Å²) in [7, 11) is 0. The van der Waals surface area contributed by atoms with E-state index in [1.807, 2.05) is 19.1 Å². The molecular weight excluding hydrogens is 322 g/mol. The van der Waals surface area contributed by atoms with Gasteiger partial charge in [-0.2, -0.15) is 0 Å². The summed E-state index contributed by atoms with van der Waals surface area (Å²) in [6, 6.07) is 7.27. The highest BCUT2D eigenvalue weighted by molar-refractivity contribution is 9.10. The fourth-order valence-electron chi connectivity index (χ4n) is 2.81. The van der Waals surface area contributed by atoms with Crippen LogP contribution in [-0.4, -0.2) is 17.0 Å². The molecule has 0 bridgehead atoms. The standard InChI is InChI=1S/C15H18BrNO3/c1-2-9-7-12(13(8-9)15(19)20)14(18)17-11-5-3-10(16)4-6-11/h3-6,9,12-13H,2,7-8H2,1H3,(H,17,18)(H,19,20)/t9?,12-,13+/m0/s1. The van der Waals surface area contributed by atoms with Gasteiger partial charge in [-0.15, -0.1) is 0 Å². The number of amides is 1. The Bertz CT molecular complexity index is 500. The average molecular weight is 340 g/mol. The number of carboxylic acids is 1. The Morgan fingerprint density at radius 3 is 2.40 bits per heavy atom. The van der Waals surface area contributed by atoms with Gasteiger partial charge < -0.3 is 10.4 Å². The van der Waals surface area contributed by atoms with Crippen molar-refractivity contribution in [1.82, 2.24) is 0 Å². The summed E-state index contributed by atoms with van der Waals surface area (Å²) in [6.45, 7) is 2.04. The molecule has 1 aliphatic carbocycles. The Morgan fingerprint density at radius 1 is 1.25 bits per heavy atom. The zero-order valence-corrected chi connectivity index (χ0v) is 12.9. The number of aliphatic carboxylic acids is 1. The molecule has 2 N–H and O–H groups in total. The van der Waals surface area contributed by atoms with Gasteiger partial charge in [0, 0.05) is 10.2 Å². The van der Waals surface area contributed by atoms with E-state index in [0.29, 0.717) is 24.4 Å². The van der Waals surface area contributed by atoms with Crippen molar-refractivity contribution in [2.45, 2.75) is 26.2 Å². The van der Waals surface area contributed by atoms with Gasteiger partial charge in [-0.25, -0.2) is 0 Å². The first-order chi connectivity index (χ1) is 9.51. The molecule has 1 aliphatic rings. The minimum absolute atomic E-state index is 0.185. The summed E-state index contributed by atoms with van der Waals surface area (Å²) in [6.07, 6.45) is 2.19. The van der Waals surface area contributed by atoms with E-state index in [0.717, 1.165) is 10.9 Å². The van der Waals surface area contributed by atoms with Gasteiger partial charge in [0.05, 0.1) is 11.8 Å². The number of benzene rings is 1. The van der Waals surface area contributed by atoms with Crippen LogP contribution >= 0.6 is 15.9 Å². The van der Waals surface area contributed by atoms with Crippen molar-refractivity contribution in [2.24, 2.45) is 17.8 Å². The number of anilines is 1. The first kappa shape index (κ1) is 15.0. The Kier molecular flexibility index (Phi) is 4.81. The van der Waals surface area contributed by atoms with Crippen LogP contribution in [-0.2, 0) is 9.59 Å². The summed E-state index contributed by atoms with van der Waals surface area (Å²) >= 11 is 3.33. The number of carbonyl (C=O) groups is 2. The minimum Gasteiger partial charge on any atom is -0.481 e. The van der Waals surface area contributed by atoms with Crippen molar-refractivity contribution in [3.63, 3.8) is 0 Å². The van der Waals surface area contributed by atoms with E-state index >= 15 is 0 Å². The molecule has 108 valence electrons. The summed E-state index contributed by atoms with van der Waals surface area (Å²) in [5, 5.41) is 12.1. The molecule has 1 aromatic rings. The first-order valence-corrected chi connectivity index (χ1v) is 7.59. The quantitative estimate of drug-likeness (QED) is 0.881. The Balaban J connectivity index is 2.07. The number of halogens is 1. The second kappa shape index (κ2) is 6.39. The second-order valence-electron chi connectivity index (χ2n) is 5.29. The molecule has 1 fully saturated rings. The topological polar surface area (TPSA) is 66.4 Å². The third-order valence-electron chi connectivity index (χ3n) is 4.00. The van der Waals surface area contributed by atoms with Crippen LogP contribution in [0, 0.1) is 17.8 Å². The highest BCUT2D eigenvalue weighted by Gasteiger charge is 2.42.